The highest BCUT2D eigenvalue weighted by Crippen LogP contribution is 2.38. The van der Waals surface area contributed by atoms with Crippen molar-refractivity contribution in [3.05, 3.63) is 60.2 Å². The molecule has 1 saturated carbocycles. The Balaban J connectivity index is 1.44. The van der Waals surface area contributed by atoms with E-state index in [2.05, 4.69) is 37.4 Å². The van der Waals surface area contributed by atoms with Crippen LogP contribution in [0.4, 0.5) is 0 Å². The van der Waals surface area contributed by atoms with Crippen LogP contribution in [0, 0.1) is 11.3 Å². The fourth-order valence-corrected chi connectivity index (χ4v) is 7.60. The molecule has 2 aliphatic heterocycles. The first-order valence-corrected chi connectivity index (χ1v) is 17.3. The second kappa shape index (κ2) is 14.5. The Hall–Kier alpha value is -3.91. The maximum atomic E-state index is 14.5. The smallest absolute Gasteiger partial charge is 0.328 e. The van der Waals surface area contributed by atoms with E-state index in [1.54, 1.807) is 12.0 Å². The number of rotatable bonds is 4. The number of benzene rings is 2. The van der Waals surface area contributed by atoms with E-state index in [4.69, 9.17) is 19.2 Å². The van der Waals surface area contributed by atoms with Gasteiger partial charge in [0.15, 0.2) is 0 Å². The molecule has 0 radical (unpaired) electrons. The van der Waals surface area contributed by atoms with Crippen molar-refractivity contribution in [1.82, 2.24) is 15.2 Å². The average Bonchev–Trinajstić information content (AvgIpc) is 3.51. The summed E-state index contributed by atoms with van der Waals surface area (Å²) in [5, 5.41) is 4.53. The summed E-state index contributed by atoms with van der Waals surface area (Å²) in [6.45, 7) is 5.65. The molecule has 2 aromatic carbocycles. The molecule has 8 nitrogen and oxygen atoms in total. The Labute approximate surface area is 278 Å². The lowest BCUT2D eigenvalue weighted by Crippen LogP contribution is -2.54. The number of ether oxygens (including phenoxy) is 3. The van der Waals surface area contributed by atoms with E-state index in [9.17, 15) is 9.59 Å². The summed E-state index contributed by atoms with van der Waals surface area (Å²) >= 11 is 0. The maximum Gasteiger partial charge on any atom is 0.328 e. The number of esters is 1. The number of methoxy groups -OCH3 is 2. The van der Waals surface area contributed by atoms with Gasteiger partial charge in [0.1, 0.15) is 23.6 Å². The number of nitrogens with zero attached hydrogens (tertiary/aromatic N) is 2. The molecular weight excluding hydrogens is 590 g/mol. The molecule has 1 aliphatic carbocycles. The summed E-state index contributed by atoms with van der Waals surface area (Å²) in [4.78, 5) is 34.4. The van der Waals surface area contributed by atoms with Crippen LogP contribution in [0.15, 0.2) is 54.6 Å². The summed E-state index contributed by atoms with van der Waals surface area (Å²) in [7, 11) is 3.08. The highest BCUT2D eigenvalue weighted by Gasteiger charge is 2.45. The predicted octanol–water partition coefficient (Wildman–Crippen LogP) is 7.19. The predicted molar refractivity (Wildman–Crippen MR) is 185 cm³/mol. The van der Waals surface area contributed by atoms with Crippen LogP contribution in [0.2, 0.25) is 0 Å². The van der Waals surface area contributed by atoms with E-state index in [-0.39, 0.29) is 23.3 Å². The quantitative estimate of drug-likeness (QED) is 0.302. The largest absolute Gasteiger partial charge is 0.496 e. The van der Waals surface area contributed by atoms with Crippen LogP contribution in [0.5, 0.6) is 11.5 Å². The van der Waals surface area contributed by atoms with E-state index in [1.165, 1.54) is 13.5 Å². The van der Waals surface area contributed by atoms with Crippen molar-refractivity contribution in [3.63, 3.8) is 0 Å². The second-order valence-corrected chi connectivity index (χ2v) is 14.2. The fourth-order valence-electron chi connectivity index (χ4n) is 7.60. The number of carbonyl (C=O) groups is 2. The molecule has 1 N–H and O–H groups in total. The first-order valence-electron chi connectivity index (χ1n) is 17.3. The number of hydrogen-bond donors (Lipinski definition) is 1. The lowest BCUT2D eigenvalue weighted by molar-refractivity contribution is -0.152. The number of fused-ring (bicyclic) bond motifs is 3. The summed E-state index contributed by atoms with van der Waals surface area (Å²) in [6, 6.07) is 15.0. The zero-order chi connectivity index (χ0) is 33.0. The third-order valence-electron chi connectivity index (χ3n) is 10.3. The Kier molecular flexibility index (Phi) is 10.2. The minimum Gasteiger partial charge on any atom is -0.496 e. The number of pyridine rings is 1. The van der Waals surface area contributed by atoms with Gasteiger partial charge >= 0.3 is 5.97 Å². The van der Waals surface area contributed by atoms with Crippen LogP contribution >= 0.6 is 0 Å². The van der Waals surface area contributed by atoms with Gasteiger partial charge in [0, 0.05) is 35.1 Å². The van der Waals surface area contributed by atoms with Gasteiger partial charge in [-0.25, -0.2) is 9.78 Å². The van der Waals surface area contributed by atoms with E-state index in [0.29, 0.717) is 18.7 Å². The Morgan fingerprint density at radius 1 is 1.04 bits per heavy atom. The number of nitrogens with one attached hydrogen (secondary N) is 1. The molecule has 8 heteroatoms. The monoisotopic (exact) mass is 639 g/mol. The number of allylic oxidation sites excluding steroid dienone is 1. The summed E-state index contributed by atoms with van der Waals surface area (Å²) in [6.07, 6.45) is 12.7. The van der Waals surface area contributed by atoms with Gasteiger partial charge in [-0.2, -0.15) is 0 Å². The minimum atomic E-state index is -0.702. The lowest BCUT2D eigenvalue weighted by atomic mass is 9.82. The van der Waals surface area contributed by atoms with Crippen molar-refractivity contribution in [2.45, 2.75) is 89.8 Å². The Bertz CT molecular complexity index is 1600. The number of hydrogen-bond acceptors (Lipinski definition) is 7. The van der Waals surface area contributed by atoms with Gasteiger partial charge in [0.2, 0.25) is 5.91 Å². The van der Waals surface area contributed by atoms with Crippen molar-refractivity contribution in [3.8, 4) is 22.8 Å². The van der Waals surface area contributed by atoms with Gasteiger partial charge < -0.3 is 24.4 Å². The molecule has 4 bridgehead atoms. The van der Waals surface area contributed by atoms with Gasteiger partial charge in [-0.05, 0) is 56.0 Å². The zero-order valence-electron chi connectivity index (χ0n) is 28.3. The zero-order valence-corrected chi connectivity index (χ0v) is 28.3. The highest BCUT2D eigenvalue weighted by molar-refractivity contribution is 5.92. The van der Waals surface area contributed by atoms with Gasteiger partial charge in [-0.1, -0.05) is 75.6 Å². The third kappa shape index (κ3) is 7.48. The highest BCUT2D eigenvalue weighted by atomic mass is 16.5. The number of amides is 1. The topological polar surface area (TPSA) is 90.0 Å². The lowest BCUT2D eigenvalue weighted by Gasteiger charge is -2.34. The number of aromatic nitrogens is 1. The molecule has 0 unspecified atom stereocenters. The Morgan fingerprint density at radius 3 is 2.57 bits per heavy atom. The first kappa shape index (κ1) is 33.0. The van der Waals surface area contributed by atoms with Crippen LogP contribution in [-0.2, 0) is 14.3 Å². The molecule has 3 aliphatic rings. The van der Waals surface area contributed by atoms with Crippen LogP contribution < -0.4 is 14.8 Å². The van der Waals surface area contributed by atoms with Crippen molar-refractivity contribution in [2.75, 3.05) is 27.3 Å². The van der Waals surface area contributed by atoms with Crippen molar-refractivity contribution < 1.29 is 23.8 Å². The molecule has 1 amide bonds. The van der Waals surface area contributed by atoms with Crippen LogP contribution in [0.1, 0.15) is 77.2 Å². The SMILES string of the molecule is COC(=O)[C@@H]1C[C@@H]2CN1C(=O)[C@H](C1CCCCC1)NCCCC(C)(C)C/C=C/c1cc3c(cc(-c4ccccc4)nc3cc1OC)O2. The molecule has 47 heavy (non-hydrogen) atoms. The van der Waals surface area contributed by atoms with Gasteiger partial charge in [0.25, 0.3) is 0 Å². The van der Waals surface area contributed by atoms with Crippen LogP contribution in [0.3, 0.4) is 0 Å². The third-order valence-corrected chi connectivity index (χ3v) is 10.3. The second-order valence-electron chi connectivity index (χ2n) is 14.2. The van der Waals surface area contributed by atoms with Crippen LogP contribution in [-0.4, -0.2) is 67.3 Å². The van der Waals surface area contributed by atoms with Crippen molar-refractivity contribution >= 4 is 28.9 Å². The molecule has 1 saturated heterocycles. The summed E-state index contributed by atoms with van der Waals surface area (Å²) < 4.78 is 17.9. The maximum absolute atomic E-state index is 14.5. The van der Waals surface area contributed by atoms with E-state index in [0.717, 1.165) is 85.0 Å². The van der Waals surface area contributed by atoms with Crippen LogP contribution in [0.25, 0.3) is 28.2 Å². The standard InChI is InChI=1S/C39H49N3O5/c1-39(2)18-11-17-28-21-30-32(24-34(28)45-3)41-31(26-13-7-5-8-14-26)23-35(30)47-29-22-33(38(44)46-4)42(25-29)37(43)36(40-20-12-19-39)27-15-9-6-10-16-27/h5,7-8,11,13-14,17,21,23-24,27,29,33,36,40H,6,9-10,12,15-16,18-20,22,25H2,1-4H3/b17-11+/t29-,33+,36+/m1/s1. The van der Waals surface area contributed by atoms with E-state index < -0.39 is 18.1 Å². The van der Waals surface area contributed by atoms with Gasteiger partial charge in [-0.3, -0.25) is 4.79 Å². The molecule has 0 spiro atoms. The summed E-state index contributed by atoms with van der Waals surface area (Å²) in [5.41, 5.74) is 3.53. The summed E-state index contributed by atoms with van der Waals surface area (Å²) in [5.74, 6) is 1.24. The fraction of sp³-hybridized carbons (Fsp3) is 0.513. The molecule has 2 fully saturated rings. The molecular formula is C39H49N3O5. The molecule has 1 aromatic heterocycles. The normalized spacial score (nSPS) is 24.7. The Morgan fingerprint density at radius 2 is 1.83 bits per heavy atom. The molecule has 3 atom stereocenters. The average molecular weight is 640 g/mol. The molecule has 6 rings (SSSR count). The van der Waals surface area contributed by atoms with Gasteiger partial charge in [0.05, 0.1) is 38.0 Å². The molecule has 250 valence electrons. The van der Waals surface area contributed by atoms with Crippen molar-refractivity contribution in [1.29, 1.82) is 0 Å². The van der Waals surface area contributed by atoms with E-state index in [1.807, 2.05) is 42.5 Å². The van der Waals surface area contributed by atoms with E-state index >= 15 is 0 Å². The van der Waals surface area contributed by atoms with Crippen molar-refractivity contribution in [2.24, 2.45) is 11.3 Å². The van der Waals surface area contributed by atoms with Gasteiger partial charge in [-0.15, -0.1) is 0 Å². The first-order chi connectivity index (χ1) is 22.8. The minimum absolute atomic E-state index is 0.0155. The number of carbonyl (C=O) groups excluding carboxylic acids is 2. The molecule has 3 aromatic rings. The molecule has 3 heterocycles.